The number of hydrogen-bond acceptors (Lipinski definition) is 4. The van der Waals surface area contributed by atoms with Crippen LogP contribution in [0.1, 0.15) is 33.1 Å². The Bertz CT molecular complexity index is 790. The van der Waals surface area contributed by atoms with E-state index in [-0.39, 0.29) is 11.9 Å². The van der Waals surface area contributed by atoms with Crippen LogP contribution < -0.4 is 11.1 Å². The SMILES string of the molecule is Cc1ccc2c(N)c(C(=O)NC(C)c3cccs3)sc2c1. The second-order valence-corrected chi connectivity index (χ2v) is 7.09. The van der Waals surface area contributed by atoms with E-state index in [0.29, 0.717) is 10.6 Å². The molecule has 3 aromatic rings. The van der Waals surface area contributed by atoms with Crippen LogP contribution in [0.3, 0.4) is 0 Å². The highest BCUT2D eigenvalue weighted by Crippen LogP contribution is 2.34. The van der Waals surface area contributed by atoms with Crippen LogP contribution in [0.4, 0.5) is 5.69 Å². The van der Waals surface area contributed by atoms with Crippen LogP contribution in [0, 0.1) is 6.92 Å². The minimum atomic E-state index is -0.104. The molecule has 3 N–H and O–H groups in total. The van der Waals surface area contributed by atoms with Gasteiger partial charge in [0.1, 0.15) is 4.88 Å². The van der Waals surface area contributed by atoms with E-state index in [9.17, 15) is 4.79 Å². The van der Waals surface area contributed by atoms with Crippen LogP contribution in [0.25, 0.3) is 10.1 Å². The van der Waals surface area contributed by atoms with Gasteiger partial charge in [-0.05, 0) is 36.9 Å². The molecule has 0 bridgehead atoms. The average molecular weight is 316 g/mol. The molecule has 21 heavy (non-hydrogen) atoms. The Labute approximate surface area is 131 Å². The van der Waals surface area contributed by atoms with Crippen molar-refractivity contribution in [2.24, 2.45) is 0 Å². The lowest BCUT2D eigenvalue weighted by molar-refractivity contribution is 0.0945. The monoisotopic (exact) mass is 316 g/mol. The van der Waals surface area contributed by atoms with Gasteiger partial charge in [0.2, 0.25) is 0 Å². The molecule has 5 heteroatoms. The molecule has 0 aliphatic rings. The normalized spacial score (nSPS) is 12.5. The third-order valence-electron chi connectivity index (χ3n) is 3.41. The van der Waals surface area contributed by atoms with Crippen molar-refractivity contribution in [3.63, 3.8) is 0 Å². The zero-order valence-corrected chi connectivity index (χ0v) is 13.5. The van der Waals surface area contributed by atoms with E-state index in [2.05, 4.69) is 11.4 Å². The lowest BCUT2D eigenvalue weighted by Crippen LogP contribution is -2.25. The quantitative estimate of drug-likeness (QED) is 0.755. The van der Waals surface area contributed by atoms with Gasteiger partial charge in [-0.1, -0.05) is 18.2 Å². The number of thiophene rings is 2. The lowest BCUT2D eigenvalue weighted by Gasteiger charge is -2.11. The van der Waals surface area contributed by atoms with Crippen LogP contribution in [0.5, 0.6) is 0 Å². The Morgan fingerprint density at radius 3 is 2.86 bits per heavy atom. The highest BCUT2D eigenvalue weighted by molar-refractivity contribution is 7.21. The Morgan fingerprint density at radius 2 is 2.14 bits per heavy atom. The number of carbonyl (C=O) groups is 1. The first-order valence-electron chi connectivity index (χ1n) is 6.69. The fourth-order valence-electron chi connectivity index (χ4n) is 2.26. The molecule has 1 unspecified atom stereocenters. The summed E-state index contributed by atoms with van der Waals surface area (Å²) in [6.45, 7) is 4.02. The van der Waals surface area contributed by atoms with Crippen LogP contribution in [0.15, 0.2) is 35.7 Å². The van der Waals surface area contributed by atoms with Crippen LogP contribution in [0.2, 0.25) is 0 Å². The second-order valence-electron chi connectivity index (χ2n) is 5.06. The first kappa shape index (κ1) is 14.1. The summed E-state index contributed by atoms with van der Waals surface area (Å²) < 4.78 is 1.06. The van der Waals surface area contributed by atoms with Crippen molar-refractivity contribution in [2.45, 2.75) is 19.9 Å². The van der Waals surface area contributed by atoms with Gasteiger partial charge in [-0.2, -0.15) is 0 Å². The van der Waals surface area contributed by atoms with Gasteiger partial charge >= 0.3 is 0 Å². The second kappa shape index (κ2) is 5.50. The van der Waals surface area contributed by atoms with Crippen molar-refractivity contribution in [3.05, 3.63) is 51.0 Å². The van der Waals surface area contributed by atoms with Crippen molar-refractivity contribution >= 4 is 44.4 Å². The average Bonchev–Trinajstić information content (AvgIpc) is 3.07. The van der Waals surface area contributed by atoms with Gasteiger partial charge in [0.15, 0.2) is 0 Å². The molecule has 0 saturated heterocycles. The van der Waals surface area contributed by atoms with Crippen molar-refractivity contribution in [2.75, 3.05) is 5.73 Å². The lowest BCUT2D eigenvalue weighted by atomic mass is 10.1. The molecule has 2 aromatic heterocycles. The molecule has 0 aliphatic heterocycles. The van der Waals surface area contributed by atoms with Crippen molar-refractivity contribution in [1.82, 2.24) is 5.32 Å². The van der Waals surface area contributed by atoms with Gasteiger partial charge in [0, 0.05) is 15.0 Å². The fourth-order valence-corrected chi connectivity index (χ4v) is 4.12. The first-order chi connectivity index (χ1) is 10.1. The first-order valence-corrected chi connectivity index (χ1v) is 8.39. The van der Waals surface area contributed by atoms with Crippen LogP contribution in [-0.2, 0) is 0 Å². The summed E-state index contributed by atoms with van der Waals surface area (Å²) in [5.74, 6) is -0.104. The van der Waals surface area contributed by atoms with E-state index in [4.69, 9.17) is 5.73 Å². The zero-order valence-electron chi connectivity index (χ0n) is 11.8. The molecule has 0 aliphatic carbocycles. The topological polar surface area (TPSA) is 55.1 Å². The summed E-state index contributed by atoms with van der Waals surface area (Å²) in [7, 11) is 0. The molecule has 0 saturated carbocycles. The van der Waals surface area contributed by atoms with Gasteiger partial charge in [-0.3, -0.25) is 4.79 Å². The minimum absolute atomic E-state index is 0.0103. The third-order valence-corrected chi connectivity index (χ3v) is 5.63. The van der Waals surface area contributed by atoms with E-state index >= 15 is 0 Å². The highest BCUT2D eigenvalue weighted by atomic mass is 32.1. The Morgan fingerprint density at radius 1 is 1.33 bits per heavy atom. The number of amides is 1. The Hall–Kier alpha value is -1.85. The van der Waals surface area contributed by atoms with E-state index < -0.39 is 0 Å². The maximum absolute atomic E-state index is 12.4. The molecular weight excluding hydrogens is 300 g/mol. The van der Waals surface area contributed by atoms with Gasteiger partial charge in [-0.15, -0.1) is 22.7 Å². The molecule has 3 nitrogen and oxygen atoms in total. The minimum Gasteiger partial charge on any atom is -0.397 e. The highest BCUT2D eigenvalue weighted by Gasteiger charge is 2.18. The zero-order chi connectivity index (χ0) is 15.0. The molecule has 3 rings (SSSR count). The number of aryl methyl sites for hydroxylation is 1. The third kappa shape index (κ3) is 2.66. The summed E-state index contributed by atoms with van der Waals surface area (Å²) in [5, 5.41) is 5.98. The standard InChI is InChI=1S/C16H16N2OS2/c1-9-5-6-11-13(8-9)21-15(14(11)17)16(19)18-10(2)12-4-3-7-20-12/h3-8,10H,17H2,1-2H3,(H,18,19). The predicted octanol–water partition coefficient (Wildman–Crippen LogP) is 4.34. The molecule has 1 aromatic carbocycles. The Balaban J connectivity index is 1.89. The largest absolute Gasteiger partial charge is 0.397 e. The maximum atomic E-state index is 12.4. The van der Waals surface area contributed by atoms with E-state index in [0.717, 1.165) is 15.0 Å². The molecule has 0 fully saturated rings. The van der Waals surface area contributed by atoms with Crippen LogP contribution in [-0.4, -0.2) is 5.91 Å². The van der Waals surface area contributed by atoms with Crippen molar-refractivity contribution < 1.29 is 4.79 Å². The summed E-state index contributed by atoms with van der Waals surface area (Å²) in [4.78, 5) is 14.2. The summed E-state index contributed by atoms with van der Waals surface area (Å²) >= 11 is 3.09. The molecule has 1 amide bonds. The molecular formula is C16H16N2OS2. The van der Waals surface area contributed by atoms with E-state index in [1.165, 1.54) is 16.9 Å². The molecule has 0 spiro atoms. The molecule has 0 radical (unpaired) electrons. The van der Waals surface area contributed by atoms with Gasteiger partial charge in [0.05, 0.1) is 11.7 Å². The van der Waals surface area contributed by atoms with E-state index in [1.807, 2.05) is 43.5 Å². The Kier molecular flexibility index (Phi) is 3.69. The number of benzene rings is 1. The molecule has 1 atom stereocenters. The number of nitrogens with two attached hydrogens (primary N) is 1. The fraction of sp³-hybridized carbons (Fsp3) is 0.188. The van der Waals surface area contributed by atoms with E-state index in [1.54, 1.807) is 11.3 Å². The summed E-state index contributed by atoms with van der Waals surface area (Å²) in [6, 6.07) is 10.1. The summed E-state index contributed by atoms with van der Waals surface area (Å²) in [6.07, 6.45) is 0. The maximum Gasteiger partial charge on any atom is 0.264 e. The molecule has 2 heterocycles. The number of nitrogens with one attached hydrogen (secondary N) is 1. The van der Waals surface area contributed by atoms with Gasteiger partial charge < -0.3 is 11.1 Å². The molecule has 108 valence electrons. The smallest absolute Gasteiger partial charge is 0.264 e. The van der Waals surface area contributed by atoms with Crippen molar-refractivity contribution in [3.8, 4) is 0 Å². The summed E-state index contributed by atoms with van der Waals surface area (Å²) in [5.41, 5.74) is 7.88. The number of hydrogen-bond donors (Lipinski definition) is 2. The predicted molar refractivity (Wildman–Crippen MR) is 91.2 cm³/mol. The number of fused-ring (bicyclic) bond motifs is 1. The number of nitrogen functional groups attached to an aromatic ring is 1. The van der Waals surface area contributed by atoms with Crippen molar-refractivity contribution in [1.29, 1.82) is 0 Å². The number of carbonyl (C=O) groups excluding carboxylic acids is 1. The number of rotatable bonds is 3. The van der Waals surface area contributed by atoms with Gasteiger partial charge in [-0.25, -0.2) is 0 Å². The van der Waals surface area contributed by atoms with Gasteiger partial charge in [0.25, 0.3) is 5.91 Å². The number of anilines is 1. The van der Waals surface area contributed by atoms with Crippen LogP contribution >= 0.6 is 22.7 Å².